The van der Waals surface area contributed by atoms with Gasteiger partial charge in [0.2, 0.25) is 0 Å². The van der Waals surface area contributed by atoms with Crippen molar-refractivity contribution in [2.24, 2.45) is 0 Å². The van der Waals surface area contributed by atoms with Crippen molar-refractivity contribution in [1.82, 2.24) is 5.32 Å². The zero-order chi connectivity index (χ0) is 11.9. The minimum Gasteiger partial charge on any atom is -0.386 e. The fourth-order valence-electron chi connectivity index (χ4n) is 1.81. The molecule has 0 spiro atoms. The number of aliphatic hydroxyl groups excluding tert-OH is 1. The van der Waals surface area contributed by atoms with Crippen molar-refractivity contribution in [1.29, 1.82) is 0 Å². The molecule has 1 heterocycles. The van der Waals surface area contributed by atoms with Crippen molar-refractivity contribution in [2.45, 2.75) is 12.2 Å². The molecule has 94 valence electrons. The molecule has 4 nitrogen and oxygen atoms in total. The highest BCUT2D eigenvalue weighted by Gasteiger charge is 2.14. The average molecular weight is 237 g/mol. The van der Waals surface area contributed by atoms with Gasteiger partial charge >= 0.3 is 0 Å². The Hall–Kier alpha value is -0.940. The first-order valence-corrected chi connectivity index (χ1v) is 5.99. The van der Waals surface area contributed by atoms with Gasteiger partial charge in [-0.1, -0.05) is 30.3 Å². The molecular weight excluding hydrogens is 218 g/mol. The van der Waals surface area contributed by atoms with Crippen LogP contribution in [0.1, 0.15) is 11.7 Å². The van der Waals surface area contributed by atoms with Gasteiger partial charge in [0.1, 0.15) is 6.10 Å². The molecule has 2 atom stereocenters. The molecule has 1 aromatic rings. The maximum atomic E-state index is 9.87. The van der Waals surface area contributed by atoms with E-state index in [1.165, 1.54) is 0 Å². The van der Waals surface area contributed by atoms with Crippen LogP contribution >= 0.6 is 0 Å². The normalized spacial score (nSPS) is 22.3. The Balaban J connectivity index is 1.67. The highest BCUT2D eigenvalue weighted by molar-refractivity contribution is 5.17. The Morgan fingerprint density at radius 2 is 2.24 bits per heavy atom. The molecule has 1 fully saturated rings. The van der Waals surface area contributed by atoms with E-state index in [0.717, 1.165) is 25.3 Å². The third-order valence-electron chi connectivity index (χ3n) is 2.77. The number of hydrogen-bond acceptors (Lipinski definition) is 4. The van der Waals surface area contributed by atoms with E-state index in [-0.39, 0.29) is 6.10 Å². The number of aliphatic hydroxyl groups is 1. The molecule has 0 radical (unpaired) electrons. The summed E-state index contributed by atoms with van der Waals surface area (Å²) >= 11 is 0. The summed E-state index contributed by atoms with van der Waals surface area (Å²) in [5.41, 5.74) is 0.884. The molecule has 1 unspecified atom stereocenters. The Labute approximate surface area is 102 Å². The second kappa shape index (κ2) is 6.71. The van der Waals surface area contributed by atoms with Gasteiger partial charge in [-0.25, -0.2) is 0 Å². The molecule has 0 bridgehead atoms. The van der Waals surface area contributed by atoms with Gasteiger partial charge in [0.05, 0.1) is 25.9 Å². The third kappa shape index (κ3) is 4.09. The van der Waals surface area contributed by atoms with Gasteiger partial charge in [0.25, 0.3) is 0 Å². The lowest BCUT2D eigenvalue weighted by atomic mass is 10.1. The number of hydrogen-bond donors (Lipinski definition) is 2. The number of ether oxygens (including phenoxy) is 2. The first-order chi connectivity index (χ1) is 8.36. The van der Waals surface area contributed by atoms with Gasteiger partial charge < -0.3 is 19.9 Å². The molecular formula is C13H19NO3. The largest absolute Gasteiger partial charge is 0.386 e. The number of rotatable bonds is 5. The summed E-state index contributed by atoms with van der Waals surface area (Å²) < 4.78 is 11.0. The predicted molar refractivity (Wildman–Crippen MR) is 64.8 cm³/mol. The summed E-state index contributed by atoms with van der Waals surface area (Å²) in [6.45, 7) is 3.29. The van der Waals surface area contributed by atoms with Crippen LogP contribution in [0.15, 0.2) is 30.3 Å². The van der Waals surface area contributed by atoms with Crippen LogP contribution in [-0.2, 0) is 9.47 Å². The van der Waals surface area contributed by atoms with Crippen LogP contribution in [0.5, 0.6) is 0 Å². The second-order valence-corrected chi connectivity index (χ2v) is 4.16. The Morgan fingerprint density at radius 3 is 2.94 bits per heavy atom. The second-order valence-electron chi connectivity index (χ2n) is 4.16. The van der Waals surface area contributed by atoms with Gasteiger partial charge in [0.15, 0.2) is 0 Å². The predicted octanol–water partition coefficient (Wildman–Crippen LogP) is 0.725. The van der Waals surface area contributed by atoms with E-state index in [2.05, 4.69) is 5.32 Å². The lowest BCUT2D eigenvalue weighted by Crippen LogP contribution is -2.41. The molecule has 17 heavy (non-hydrogen) atoms. The van der Waals surface area contributed by atoms with Crippen LogP contribution < -0.4 is 5.32 Å². The van der Waals surface area contributed by atoms with Gasteiger partial charge in [-0.05, 0) is 5.56 Å². The van der Waals surface area contributed by atoms with Crippen LogP contribution in [0.25, 0.3) is 0 Å². The monoisotopic (exact) mass is 237 g/mol. The van der Waals surface area contributed by atoms with E-state index >= 15 is 0 Å². The molecule has 1 saturated heterocycles. The topological polar surface area (TPSA) is 50.7 Å². The highest BCUT2D eigenvalue weighted by Crippen LogP contribution is 2.12. The van der Waals surface area contributed by atoms with Crippen LogP contribution in [0.3, 0.4) is 0 Å². The fraction of sp³-hybridized carbons (Fsp3) is 0.538. The Bertz CT molecular complexity index is 312. The third-order valence-corrected chi connectivity index (χ3v) is 2.77. The molecule has 2 rings (SSSR count). The van der Waals surface area contributed by atoms with Gasteiger partial charge in [-0.3, -0.25) is 0 Å². The molecule has 2 N–H and O–H groups in total. The van der Waals surface area contributed by atoms with E-state index in [0.29, 0.717) is 13.2 Å². The average Bonchev–Trinajstić information content (AvgIpc) is 2.41. The summed E-state index contributed by atoms with van der Waals surface area (Å²) in [5, 5.41) is 13.1. The molecule has 1 aliphatic rings. The zero-order valence-corrected chi connectivity index (χ0v) is 9.84. The molecule has 1 aromatic carbocycles. The van der Waals surface area contributed by atoms with Crippen molar-refractivity contribution in [3.63, 3.8) is 0 Å². The molecule has 1 aliphatic heterocycles. The minimum absolute atomic E-state index is 0.103. The first-order valence-electron chi connectivity index (χ1n) is 5.99. The molecule has 0 aromatic heterocycles. The molecule has 0 aliphatic carbocycles. The standard InChI is InChI=1S/C13H19NO3/c15-13(11-4-2-1-3-5-11)10-16-9-12-8-14-6-7-17-12/h1-5,12-15H,6-10H2/t12?,13-/m1/s1. The fourth-order valence-corrected chi connectivity index (χ4v) is 1.81. The SMILES string of the molecule is O[C@H](COCC1CNCCO1)c1ccccc1. The highest BCUT2D eigenvalue weighted by atomic mass is 16.5. The number of morpholine rings is 1. The molecule has 0 amide bonds. The van der Waals surface area contributed by atoms with Crippen molar-refractivity contribution in [3.05, 3.63) is 35.9 Å². The van der Waals surface area contributed by atoms with Crippen molar-refractivity contribution in [3.8, 4) is 0 Å². The Morgan fingerprint density at radius 1 is 1.41 bits per heavy atom. The summed E-state index contributed by atoms with van der Waals surface area (Å²) in [4.78, 5) is 0. The summed E-state index contributed by atoms with van der Waals surface area (Å²) in [7, 11) is 0. The number of nitrogens with one attached hydrogen (secondary N) is 1. The zero-order valence-electron chi connectivity index (χ0n) is 9.84. The van der Waals surface area contributed by atoms with E-state index in [9.17, 15) is 5.11 Å². The van der Waals surface area contributed by atoms with Crippen molar-refractivity contribution in [2.75, 3.05) is 32.9 Å². The lowest BCUT2D eigenvalue weighted by molar-refractivity contribution is -0.0501. The maximum Gasteiger partial charge on any atom is 0.102 e. The summed E-state index contributed by atoms with van der Waals surface area (Å²) in [6, 6.07) is 9.54. The van der Waals surface area contributed by atoms with E-state index in [4.69, 9.17) is 9.47 Å². The molecule has 4 heteroatoms. The lowest BCUT2D eigenvalue weighted by Gasteiger charge is -2.23. The smallest absolute Gasteiger partial charge is 0.102 e. The van der Waals surface area contributed by atoms with E-state index in [1.54, 1.807) is 0 Å². The first kappa shape index (κ1) is 12.5. The van der Waals surface area contributed by atoms with Crippen LogP contribution in [0.4, 0.5) is 0 Å². The van der Waals surface area contributed by atoms with Crippen molar-refractivity contribution >= 4 is 0 Å². The Kier molecular flexibility index (Phi) is 4.94. The van der Waals surface area contributed by atoms with Gasteiger partial charge in [-0.2, -0.15) is 0 Å². The van der Waals surface area contributed by atoms with Gasteiger partial charge in [0, 0.05) is 13.1 Å². The summed E-state index contributed by atoms with van der Waals surface area (Å²) in [5.74, 6) is 0. The minimum atomic E-state index is -0.562. The van der Waals surface area contributed by atoms with E-state index < -0.39 is 6.10 Å². The van der Waals surface area contributed by atoms with Gasteiger partial charge in [-0.15, -0.1) is 0 Å². The maximum absolute atomic E-state index is 9.87. The van der Waals surface area contributed by atoms with E-state index in [1.807, 2.05) is 30.3 Å². The number of benzene rings is 1. The molecule has 0 saturated carbocycles. The van der Waals surface area contributed by atoms with Crippen molar-refractivity contribution < 1.29 is 14.6 Å². The summed E-state index contributed by atoms with van der Waals surface area (Å²) in [6.07, 6.45) is -0.459. The quantitative estimate of drug-likeness (QED) is 0.792. The van der Waals surface area contributed by atoms with Crippen LogP contribution in [-0.4, -0.2) is 44.1 Å². The van der Waals surface area contributed by atoms with Crippen LogP contribution in [0.2, 0.25) is 0 Å². The van der Waals surface area contributed by atoms with Crippen LogP contribution in [0, 0.1) is 0 Å².